The number of methoxy groups -OCH3 is 2. The number of hydrogen-bond donors (Lipinski definition) is 1. The van der Waals surface area contributed by atoms with E-state index in [2.05, 4.69) is 0 Å². The fourth-order valence-corrected chi connectivity index (χ4v) is 2.04. The first-order chi connectivity index (χ1) is 8.80. The highest BCUT2D eigenvalue weighted by Gasteiger charge is 2.28. The van der Waals surface area contributed by atoms with Crippen molar-refractivity contribution in [1.82, 2.24) is 0 Å². The molecule has 0 heterocycles. The van der Waals surface area contributed by atoms with Gasteiger partial charge in [-0.1, -0.05) is 17.7 Å². The van der Waals surface area contributed by atoms with Crippen LogP contribution in [-0.2, 0) is 0 Å². The van der Waals surface area contributed by atoms with Crippen LogP contribution < -0.4 is 15.2 Å². The van der Waals surface area contributed by atoms with E-state index >= 15 is 0 Å². The first kappa shape index (κ1) is 19.1. The molecule has 3 nitrogen and oxygen atoms in total. The van der Waals surface area contributed by atoms with E-state index < -0.39 is 18.6 Å². The van der Waals surface area contributed by atoms with Gasteiger partial charge in [0.15, 0.2) is 11.5 Å². The van der Waals surface area contributed by atoms with Gasteiger partial charge in [-0.25, -0.2) is 0 Å². The summed E-state index contributed by atoms with van der Waals surface area (Å²) in [6.45, 7) is 0. The van der Waals surface area contributed by atoms with Gasteiger partial charge >= 0.3 is 6.18 Å². The van der Waals surface area contributed by atoms with E-state index in [4.69, 9.17) is 26.8 Å². The summed E-state index contributed by atoms with van der Waals surface area (Å²) in [6.07, 6.45) is -5.43. The molecular formula is C12H16Cl2F3NO2. The van der Waals surface area contributed by atoms with E-state index in [1.165, 1.54) is 14.2 Å². The second-order valence-electron chi connectivity index (χ2n) is 3.96. The normalized spacial score (nSPS) is 12.6. The third kappa shape index (κ3) is 4.92. The zero-order valence-corrected chi connectivity index (χ0v) is 12.5. The van der Waals surface area contributed by atoms with E-state index in [-0.39, 0.29) is 29.6 Å². The Morgan fingerprint density at radius 2 is 1.85 bits per heavy atom. The molecule has 0 spiro atoms. The van der Waals surface area contributed by atoms with Gasteiger partial charge in [0.1, 0.15) is 0 Å². The Morgan fingerprint density at radius 3 is 2.30 bits per heavy atom. The predicted octanol–water partition coefficient (Wildman–Crippen LogP) is 4.12. The molecule has 8 heteroatoms. The lowest BCUT2D eigenvalue weighted by molar-refractivity contribution is -0.136. The summed E-state index contributed by atoms with van der Waals surface area (Å²) in [6, 6.07) is 2.30. The number of rotatable bonds is 5. The van der Waals surface area contributed by atoms with Gasteiger partial charge in [0.2, 0.25) is 0 Å². The Hall–Kier alpha value is -0.850. The van der Waals surface area contributed by atoms with Crippen molar-refractivity contribution >= 4 is 24.0 Å². The third-order valence-electron chi connectivity index (χ3n) is 2.65. The van der Waals surface area contributed by atoms with Crippen LogP contribution >= 0.6 is 24.0 Å². The van der Waals surface area contributed by atoms with Crippen LogP contribution in [-0.4, -0.2) is 20.4 Å². The zero-order chi connectivity index (χ0) is 14.6. The highest BCUT2D eigenvalue weighted by Crippen LogP contribution is 2.40. The minimum Gasteiger partial charge on any atom is -0.493 e. The summed E-state index contributed by atoms with van der Waals surface area (Å²) in [7, 11) is 2.84. The van der Waals surface area contributed by atoms with E-state index in [0.717, 1.165) is 0 Å². The van der Waals surface area contributed by atoms with Crippen molar-refractivity contribution in [3.8, 4) is 11.5 Å². The van der Waals surface area contributed by atoms with Gasteiger partial charge in [-0.3, -0.25) is 0 Å². The molecule has 0 saturated carbocycles. The number of ether oxygens (including phenoxy) is 2. The lowest BCUT2D eigenvalue weighted by Gasteiger charge is -2.18. The average Bonchev–Trinajstić information content (AvgIpc) is 2.34. The molecule has 0 amide bonds. The van der Waals surface area contributed by atoms with Gasteiger partial charge in [0, 0.05) is 12.5 Å². The second kappa shape index (κ2) is 7.81. The monoisotopic (exact) mass is 333 g/mol. The molecule has 0 unspecified atom stereocenters. The Labute approximate surface area is 126 Å². The van der Waals surface area contributed by atoms with Crippen LogP contribution in [0.15, 0.2) is 12.1 Å². The summed E-state index contributed by atoms with van der Waals surface area (Å²) in [5.41, 5.74) is 6.14. The van der Waals surface area contributed by atoms with E-state index in [1.54, 1.807) is 12.1 Å². The van der Waals surface area contributed by atoms with Gasteiger partial charge in [0.05, 0.1) is 19.2 Å². The maximum atomic E-state index is 12.2. The number of nitrogens with two attached hydrogens (primary N) is 1. The van der Waals surface area contributed by atoms with E-state index in [0.29, 0.717) is 11.3 Å². The van der Waals surface area contributed by atoms with Crippen molar-refractivity contribution in [3.63, 3.8) is 0 Å². The van der Waals surface area contributed by atoms with Crippen LogP contribution in [0.4, 0.5) is 13.2 Å². The van der Waals surface area contributed by atoms with Gasteiger partial charge < -0.3 is 15.2 Å². The van der Waals surface area contributed by atoms with Gasteiger partial charge in [-0.15, -0.1) is 12.4 Å². The zero-order valence-electron chi connectivity index (χ0n) is 11.0. The minimum atomic E-state index is -4.24. The summed E-state index contributed by atoms with van der Waals surface area (Å²) >= 11 is 6.07. The molecule has 0 aliphatic carbocycles. The van der Waals surface area contributed by atoms with Gasteiger partial charge in [0.25, 0.3) is 0 Å². The molecule has 0 radical (unpaired) electrons. The van der Waals surface area contributed by atoms with E-state index in [9.17, 15) is 13.2 Å². The Kier molecular flexibility index (Phi) is 7.47. The molecule has 0 aliphatic heterocycles. The average molecular weight is 334 g/mol. The van der Waals surface area contributed by atoms with Gasteiger partial charge in [-0.2, -0.15) is 13.2 Å². The molecule has 116 valence electrons. The van der Waals surface area contributed by atoms with Crippen LogP contribution in [0.25, 0.3) is 0 Å². The van der Waals surface area contributed by atoms with Crippen LogP contribution in [0.3, 0.4) is 0 Å². The number of hydrogen-bond acceptors (Lipinski definition) is 3. The second-order valence-corrected chi connectivity index (χ2v) is 4.34. The van der Waals surface area contributed by atoms with Crippen LogP contribution in [0.5, 0.6) is 11.5 Å². The summed E-state index contributed by atoms with van der Waals surface area (Å²) in [5, 5.41) is 0.177. The molecule has 0 aromatic heterocycles. The maximum Gasteiger partial charge on any atom is 0.389 e. The Balaban J connectivity index is 0.00000361. The molecule has 2 N–H and O–H groups in total. The summed E-state index contributed by atoms with van der Waals surface area (Å²) in [5.74, 6) is 0.670. The fraction of sp³-hybridized carbons (Fsp3) is 0.500. The smallest absolute Gasteiger partial charge is 0.389 e. The molecule has 20 heavy (non-hydrogen) atoms. The Bertz CT molecular complexity index is 441. The highest BCUT2D eigenvalue weighted by atomic mass is 35.5. The summed E-state index contributed by atoms with van der Waals surface area (Å²) < 4.78 is 46.6. The van der Waals surface area contributed by atoms with Crippen LogP contribution in [0, 0.1) is 0 Å². The SMILES string of the molecule is COc1ccc([C@H](N)CCC(F)(F)F)c(Cl)c1OC.Cl. The van der Waals surface area contributed by atoms with Crippen LogP contribution in [0.1, 0.15) is 24.4 Å². The quantitative estimate of drug-likeness (QED) is 0.881. The van der Waals surface area contributed by atoms with Gasteiger partial charge in [-0.05, 0) is 18.1 Å². The standard InChI is InChI=1S/C12H15ClF3NO2.ClH/c1-18-9-4-3-7(10(13)11(9)19-2)8(17)5-6-12(14,15)16;/h3-4,8H,5-6,17H2,1-2H3;1H/t8-;/m1./s1. The first-order valence-electron chi connectivity index (χ1n) is 5.53. The number of halogens is 5. The van der Waals surface area contributed by atoms with Crippen molar-refractivity contribution in [1.29, 1.82) is 0 Å². The first-order valence-corrected chi connectivity index (χ1v) is 5.90. The molecule has 1 atom stereocenters. The molecule has 1 rings (SSSR count). The van der Waals surface area contributed by atoms with Crippen molar-refractivity contribution in [2.45, 2.75) is 25.1 Å². The number of alkyl halides is 3. The molecule has 1 aromatic carbocycles. The maximum absolute atomic E-state index is 12.2. The molecule has 0 fully saturated rings. The highest BCUT2D eigenvalue weighted by molar-refractivity contribution is 6.33. The molecular weight excluding hydrogens is 318 g/mol. The molecule has 0 saturated heterocycles. The van der Waals surface area contributed by atoms with Crippen molar-refractivity contribution in [3.05, 3.63) is 22.7 Å². The number of benzene rings is 1. The predicted molar refractivity (Wildman–Crippen MR) is 74.0 cm³/mol. The van der Waals surface area contributed by atoms with Crippen molar-refractivity contribution in [2.75, 3.05) is 14.2 Å². The van der Waals surface area contributed by atoms with Crippen LogP contribution in [0.2, 0.25) is 5.02 Å². The summed E-state index contributed by atoms with van der Waals surface area (Å²) in [4.78, 5) is 0. The lowest BCUT2D eigenvalue weighted by atomic mass is 10.0. The van der Waals surface area contributed by atoms with E-state index in [1.807, 2.05) is 0 Å². The largest absolute Gasteiger partial charge is 0.493 e. The Morgan fingerprint density at radius 1 is 1.25 bits per heavy atom. The molecule has 1 aromatic rings. The third-order valence-corrected chi connectivity index (χ3v) is 3.04. The molecule has 0 aliphatic rings. The fourth-order valence-electron chi connectivity index (χ4n) is 1.67. The van der Waals surface area contributed by atoms with Crippen molar-refractivity contribution in [2.24, 2.45) is 5.73 Å². The molecule has 0 bridgehead atoms. The lowest BCUT2D eigenvalue weighted by Crippen LogP contribution is -2.16. The minimum absolute atomic E-state index is 0. The topological polar surface area (TPSA) is 44.5 Å². The van der Waals surface area contributed by atoms with Crippen molar-refractivity contribution < 1.29 is 22.6 Å².